The summed E-state index contributed by atoms with van der Waals surface area (Å²) >= 11 is 1.78. The van der Waals surface area contributed by atoms with E-state index in [-0.39, 0.29) is 5.41 Å². The molecule has 3 heteroatoms. The van der Waals surface area contributed by atoms with E-state index < -0.39 is 0 Å². The Balaban J connectivity index is 1.71. The zero-order valence-corrected chi connectivity index (χ0v) is 11.8. The van der Waals surface area contributed by atoms with E-state index in [2.05, 4.69) is 42.9 Å². The van der Waals surface area contributed by atoms with E-state index in [0.717, 1.165) is 26.0 Å². The molecular weight excluding hydrogens is 230 g/mol. The third kappa shape index (κ3) is 2.90. The summed E-state index contributed by atoms with van der Waals surface area (Å²) in [6.45, 7) is 8.59. The number of ether oxygens (including phenoxy) is 1. The first-order valence-corrected chi connectivity index (χ1v) is 7.45. The van der Waals surface area contributed by atoms with Gasteiger partial charge < -0.3 is 10.1 Å². The highest BCUT2D eigenvalue weighted by molar-refractivity contribution is 7.07. The lowest BCUT2D eigenvalue weighted by atomic mass is 9.64. The minimum atomic E-state index is 0.282. The minimum absolute atomic E-state index is 0.282. The zero-order chi connectivity index (χ0) is 12.3. The van der Waals surface area contributed by atoms with E-state index in [1.807, 2.05) is 0 Å². The molecule has 1 N–H and O–H groups in total. The molecule has 1 saturated carbocycles. The Bertz CT molecular complexity index is 334. The van der Waals surface area contributed by atoms with E-state index >= 15 is 0 Å². The average molecular weight is 253 g/mol. The van der Waals surface area contributed by atoms with Crippen LogP contribution in [0.3, 0.4) is 0 Å². The monoisotopic (exact) mass is 253 g/mol. The predicted molar refractivity (Wildman–Crippen MR) is 73.6 cm³/mol. The van der Waals surface area contributed by atoms with Crippen LogP contribution in [0, 0.1) is 5.41 Å². The summed E-state index contributed by atoms with van der Waals surface area (Å²) in [6.07, 6.45) is 2.73. The summed E-state index contributed by atoms with van der Waals surface area (Å²) in [5.74, 6) is 0. The molecular formula is C14H23NOS. The number of nitrogens with one attached hydrogen (secondary N) is 1. The van der Waals surface area contributed by atoms with Crippen molar-refractivity contribution < 1.29 is 4.74 Å². The van der Waals surface area contributed by atoms with Crippen molar-refractivity contribution >= 4 is 11.3 Å². The van der Waals surface area contributed by atoms with Gasteiger partial charge in [0.05, 0.1) is 6.10 Å². The minimum Gasteiger partial charge on any atom is -0.378 e. The molecule has 0 aromatic carbocycles. The Kier molecular flexibility index (Phi) is 4.23. The van der Waals surface area contributed by atoms with Crippen molar-refractivity contribution in [3.8, 4) is 0 Å². The Morgan fingerprint density at radius 3 is 2.94 bits per heavy atom. The summed E-state index contributed by atoms with van der Waals surface area (Å²) < 4.78 is 5.74. The highest BCUT2D eigenvalue weighted by Gasteiger charge is 2.48. The fourth-order valence-electron chi connectivity index (χ4n) is 2.54. The summed E-state index contributed by atoms with van der Waals surface area (Å²) in [5, 5.41) is 8.04. The molecule has 1 aliphatic carbocycles. The van der Waals surface area contributed by atoms with Gasteiger partial charge in [-0.15, -0.1) is 0 Å². The molecule has 2 atom stereocenters. The van der Waals surface area contributed by atoms with Crippen molar-refractivity contribution in [2.24, 2.45) is 5.41 Å². The van der Waals surface area contributed by atoms with Gasteiger partial charge in [0.2, 0.25) is 0 Å². The first kappa shape index (κ1) is 13.1. The van der Waals surface area contributed by atoms with Gasteiger partial charge in [0.1, 0.15) is 0 Å². The Morgan fingerprint density at radius 1 is 1.53 bits per heavy atom. The fourth-order valence-corrected chi connectivity index (χ4v) is 3.24. The van der Waals surface area contributed by atoms with Crippen LogP contribution in [0.4, 0.5) is 0 Å². The van der Waals surface area contributed by atoms with Gasteiger partial charge in [-0.1, -0.05) is 13.8 Å². The third-order valence-electron chi connectivity index (χ3n) is 3.93. The van der Waals surface area contributed by atoms with Crippen LogP contribution in [0.25, 0.3) is 0 Å². The summed E-state index contributed by atoms with van der Waals surface area (Å²) in [6, 6.07) is 2.82. The topological polar surface area (TPSA) is 21.3 Å². The van der Waals surface area contributed by atoms with E-state index in [1.54, 1.807) is 11.3 Å². The van der Waals surface area contributed by atoms with Gasteiger partial charge in [0.15, 0.2) is 0 Å². The molecule has 1 aliphatic rings. The quantitative estimate of drug-likeness (QED) is 0.841. The Hall–Kier alpha value is -0.380. The first-order chi connectivity index (χ1) is 8.14. The average Bonchev–Trinajstić information content (AvgIpc) is 2.80. The molecule has 0 aliphatic heterocycles. The molecule has 2 rings (SSSR count). The van der Waals surface area contributed by atoms with Crippen LogP contribution >= 0.6 is 11.3 Å². The van der Waals surface area contributed by atoms with Crippen molar-refractivity contribution in [1.29, 1.82) is 0 Å². The second-order valence-electron chi connectivity index (χ2n) is 5.39. The molecule has 2 unspecified atom stereocenters. The van der Waals surface area contributed by atoms with Crippen LogP contribution in [0.1, 0.15) is 32.8 Å². The van der Waals surface area contributed by atoms with Crippen molar-refractivity contribution in [1.82, 2.24) is 5.32 Å². The number of thiophene rings is 1. The molecule has 0 amide bonds. The number of hydrogen-bond donors (Lipinski definition) is 1. The maximum absolute atomic E-state index is 5.74. The summed E-state index contributed by atoms with van der Waals surface area (Å²) in [5.41, 5.74) is 1.73. The van der Waals surface area contributed by atoms with Gasteiger partial charge in [0, 0.05) is 18.1 Å². The van der Waals surface area contributed by atoms with Crippen molar-refractivity contribution in [3.05, 3.63) is 22.4 Å². The van der Waals surface area contributed by atoms with Crippen LogP contribution in [0.15, 0.2) is 16.8 Å². The fraction of sp³-hybridized carbons (Fsp3) is 0.714. The molecule has 1 aromatic heterocycles. The Morgan fingerprint density at radius 2 is 2.35 bits per heavy atom. The molecule has 17 heavy (non-hydrogen) atoms. The largest absolute Gasteiger partial charge is 0.378 e. The molecule has 1 heterocycles. The molecule has 2 nitrogen and oxygen atoms in total. The van der Waals surface area contributed by atoms with Crippen LogP contribution in [0.2, 0.25) is 0 Å². The van der Waals surface area contributed by atoms with Gasteiger partial charge in [-0.05, 0) is 48.7 Å². The van der Waals surface area contributed by atoms with Gasteiger partial charge in [0.25, 0.3) is 0 Å². The van der Waals surface area contributed by atoms with E-state index in [4.69, 9.17) is 4.74 Å². The SMILES string of the molecule is CCOC1CC(NCCc2ccsc2)C1(C)C. The second kappa shape index (κ2) is 5.51. The highest BCUT2D eigenvalue weighted by atomic mass is 32.1. The summed E-state index contributed by atoms with van der Waals surface area (Å²) in [4.78, 5) is 0. The zero-order valence-electron chi connectivity index (χ0n) is 11.0. The summed E-state index contributed by atoms with van der Waals surface area (Å²) in [7, 11) is 0. The number of rotatable bonds is 6. The maximum Gasteiger partial charge on any atom is 0.0655 e. The lowest BCUT2D eigenvalue weighted by Gasteiger charge is -2.52. The van der Waals surface area contributed by atoms with Gasteiger partial charge in [-0.2, -0.15) is 11.3 Å². The predicted octanol–water partition coefficient (Wildman–Crippen LogP) is 3.08. The normalized spacial score (nSPS) is 26.8. The van der Waals surface area contributed by atoms with Crippen LogP contribution in [-0.2, 0) is 11.2 Å². The van der Waals surface area contributed by atoms with Crippen LogP contribution in [-0.4, -0.2) is 25.3 Å². The van der Waals surface area contributed by atoms with E-state index in [0.29, 0.717) is 12.1 Å². The van der Waals surface area contributed by atoms with Gasteiger partial charge in [-0.25, -0.2) is 0 Å². The molecule has 0 saturated heterocycles. The lowest BCUT2D eigenvalue weighted by Crippen LogP contribution is -2.61. The maximum atomic E-state index is 5.74. The van der Waals surface area contributed by atoms with Crippen LogP contribution in [0.5, 0.6) is 0 Å². The van der Waals surface area contributed by atoms with Crippen molar-refractivity contribution in [2.45, 2.75) is 45.8 Å². The second-order valence-corrected chi connectivity index (χ2v) is 6.17. The molecule has 0 radical (unpaired) electrons. The first-order valence-electron chi connectivity index (χ1n) is 6.50. The van der Waals surface area contributed by atoms with E-state index in [1.165, 1.54) is 5.56 Å². The molecule has 1 aromatic rings. The third-order valence-corrected chi connectivity index (χ3v) is 4.66. The molecule has 1 fully saturated rings. The lowest BCUT2D eigenvalue weighted by molar-refractivity contribution is -0.113. The van der Waals surface area contributed by atoms with Crippen molar-refractivity contribution in [2.75, 3.05) is 13.2 Å². The van der Waals surface area contributed by atoms with Gasteiger partial charge >= 0.3 is 0 Å². The molecule has 0 spiro atoms. The standard InChI is InChI=1S/C14H23NOS/c1-4-16-13-9-12(14(13,2)3)15-7-5-11-6-8-17-10-11/h6,8,10,12-13,15H,4-5,7,9H2,1-3H3. The highest BCUT2D eigenvalue weighted by Crippen LogP contribution is 2.42. The van der Waals surface area contributed by atoms with Gasteiger partial charge in [-0.3, -0.25) is 0 Å². The molecule has 0 bridgehead atoms. The van der Waals surface area contributed by atoms with Crippen molar-refractivity contribution in [3.63, 3.8) is 0 Å². The van der Waals surface area contributed by atoms with Crippen LogP contribution < -0.4 is 5.32 Å². The Labute approximate surface area is 108 Å². The molecule has 96 valence electrons. The smallest absolute Gasteiger partial charge is 0.0655 e. The number of hydrogen-bond acceptors (Lipinski definition) is 3. The van der Waals surface area contributed by atoms with E-state index in [9.17, 15) is 0 Å².